The third kappa shape index (κ3) is 3.90. The summed E-state index contributed by atoms with van der Waals surface area (Å²) in [5.41, 5.74) is 3.24. The molecule has 2 aromatic carbocycles. The van der Waals surface area contributed by atoms with Crippen molar-refractivity contribution in [3.05, 3.63) is 59.9 Å². The highest BCUT2D eigenvalue weighted by molar-refractivity contribution is 5.75. The first kappa shape index (κ1) is 18.1. The van der Waals surface area contributed by atoms with Gasteiger partial charge in [0.05, 0.1) is 18.1 Å². The number of aromatic nitrogens is 2. The normalized spacial score (nSPS) is 11.6. The van der Waals surface area contributed by atoms with E-state index in [-0.39, 0.29) is 0 Å². The van der Waals surface area contributed by atoms with Gasteiger partial charge < -0.3 is 14.0 Å². The molecule has 0 atom stereocenters. The minimum Gasteiger partial charge on any atom is -0.493 e. The second kappa shape index (κ2) is 8.09. The highest BCUT2D eigenvalue weighted by atomic mass is 16.5. The molecule has 0 spiro atoms. The van der Waals surface area contributed by atoms with Gasteiger partial charge in [-0.2, -0.15) is 0 Å². The van der Waals surface area contributed by atoms with Crippen molar-refractivity contribution < 1.29 is 9.47 Å². The Hall–Kier alpha value is -2.75. The Labute approximate surface area is 155 Å². The quantitative estimate of drug-likeness (QED) is 0.579. The van der Waals surface area contributed by atoms with E-state index in [0.717, 1.165) is 40.5 Å². The van der Waals surface area contributed by atoms with Crippen LogP contribution in [0.4, 0.5) is 0 Å². The minimum absolute atomic E-state index is 0.403. The lowest BCUT2D eigenvalue weighted by Gasteiger charge is -2.14. The summed E-state index contributed by atoms with van der Waals surface area (Å²) in [4.78, 5) is 4.77. The number of rotatable bonds is 7. The first-order valence-corrected chi connectivity index (χ1v) is 9.00. The van der Waals surface area contributed by atoms with E-state index in [1.54, 1.807) is 7.11 Å². The van der Waals surface area contributed by atoms with Crippen LogP contribution in [0.2, 0.25) is 0 Å². The summed E-state index contributed by atoms with van der Waals surface area (Å²) in [5, 5.41) is 0. The number of ether oxygens (including phenoxy) is 2. The summed E-state index contributed by atoms with van der Waals surface area (Å²) in [5.74, 6) is 2.91. The van der Waals surface area contributed by atoms with Gasteiger partial charge in [0.1, 0.15) is 12.4 Å². The van der Waals surface area contributed by atoms with Gasteiger partial charge in [0.15, 0.2) is 11.5 Å². The molecule has 0 fully saturated rings. The number of hydrogen-bond acceptors (Lipinski definition) is 3. The lowest BCUT2D eigenvalue weighted by Crippen LogP contribution is -2.11. The molecule has 0 unspecified atom stereocenters. The van der Waals surface area contributed by atoms with Crippen molar-refractivity contribution in [3.8, 4) is 11.5 Å². The molecule has 4 nitrogen and oxygen atoms in total. The molecule has 0 aliphatic heterocycles. The van der Waals surface area contributed by atoms with Crippen molar-refractivity contribution >= 4 is 17.1 Å². The number of allylic oxidation sites excluding steroid dienone is 1. The summed E-state index contributed by atoms with van der Waals surface area (Å²) in [6, 6.07) is 14.2. The monoisotopic (exact) mass is 350 g/mol. The first-order chi connectivity index (χ1) is 12.6. The summed E-state index contributed by atoms with van der Waals surface area (Å²) in [7, 11) is 1.66. The standard InChI is InChI=1S/C22H26N2O2/c1-5-8-17-11-12-20(21(13-17)25-4)26-15-22-23-18-9-6-7-10-19(18)24(22)14-16(2)3/h5-13,16H,14-15H2,1-4H3/b8-5-. The SMILES string of the molecule is C/C=C\c1ccc(OCc2nc3ccccc3n2CC(C)C)c(OC)c1. The van der Waals surface area contributed by atoms with Crippen LogP contribution in [0.5, 0.6) is 11.5 Å². The van der Waals surface area contributed by atoms with Gasteiger partial charge in [-0.3, -0.25) is 0 Å². The topological polar surface area (TPSA) is 36.3 Å². The van der Waals surface area contributed by atoms with Crippen LogP contribution in [0.15, 0.2) is 48.5 Å². The van der Waals surface area contributed by atoms with Gasteiger partial charge in [-0.25, -0.2) is 4.98 Å². The maximum absolute atomic E-state index is 6.07. The van der Waals surface area contributed by atoms with E-state index in [9.17, 15) is 0 Å². The van der Waals surface area contributed by atoms with Crippen LogP contribution >= 0.6 is 0 Å². The molecule has 0 N–H and O–H groups in total. The van der Waals surface area contributed by atoms with E-state index in [0.29, 0.717) is 12.5 Å². The zero-order chi connectivity index (χ0) is 18.5. The van der Waals surface area contributed by atoms with E-state index < -0.39 is 0 Å². The number of para-hydroxylation sites is 2. The predicted octanol–water partition coefficient (Wildman–Crippen LogP) is 5.31. The van der Waals surface area contributed by atoms with Gasteiger partial charge >= 0.3 is 0 Å². The molecular formula is C22H26N2O2. The maximum Gasteiger partial charge on any atom is 0.161 e. The van der Waals surface area contributed by atoms with Gasteiger partial charge in [0.25, 0.3) is 0 Å². The molecule has 0 saturated carbocycles. The first-order valence-electron chi connectivity index (χ1n) is 9.00. The van der Waals surface area contributed by atoms with Crippen molar-refractivity contribution in [1.82, 2.24) is 9.55 Å². The van der Waals surface area contributed by atoms with Crippen LogP contribution in [0.25, 0.3) is 17.1 Å². The fraction of sp³-hybridized carbons (Fsp3) is 0.318. The van der Waals surface area contributed by atoms with Crippen molar-refractivity contribution in [3.63, 3.8) is 0 Å². The molecule has 1 aromatic heterocycles. The molecule has 1 heterocycles. The molecule has 0 radical (unpaired) electrons. The number of fused-ring (bicyclic) bond motifs is 1. The molecule has 3 rings (SSSR count). The summed E-state index contributed by atoms with van der Waals surface area (Å²) < 4.78 is 13.8. The summed E-state index contributed by atoms with van der Waals surface area (Å²) in [6.07, 6.45) is 4.04. The van der Waals surface area contributed by atoms with E-state index >= 15 is 0 Å². The van der Waals surface area contributed by atoms with Gasteiger partial charge in [-0.15, -0.1) is 0 Å². The van der Waals surface area contributed by atoms with Crippen LogP contribution in [-0.2, 0) is 13.2 Å². The molecule has 0 bridgehead atoms. The molecule has 3 aromatic rings. The van der Waals surface area contributed by atoms with Crippen LogP contribution < -0.4 is 9.47 Å². The Balaban J connectivity index is 1.88. The number of imidazole rings is 1. The average Bonchev–Trinajstić information content (AvgIpc) is 2.98. The number of nitrogens with zero attached hydrogens (tertiary/aromatic N) is 2. The molecule has 136 valence electrons. The second-order valence-electron chi connectivity index (χ2n) is 6.72. The Morgan fingerprint density at radius 2 is 1.92 bits per heavy atom. The molecular weight excluding hydrogens is 324 g/mol. The highest BCUT2D eigenvalue weighted by Crippen LogP contribution is 2.29. The molecule has 0 amide bonds. The fourth-order valence-electron chi connectivity index (χ4n) is 3.05. The van der Waals surface area contributed by atoms with Crippen LogP contribution in [0, 0.1) is 5.92 Å². The van der Waals surface area contributed by atoms with Crippen molar-refractivity contribution in [2.24, 2.45) is 5.92 Å². The largest absolute Gasteiger partial charge is 0.493 e. The van der Waals surface area contributed by atoms with Crippen molar-refractivity contribution in [2.75, 3.05) is 7.11 Å². The third-order valence-corrected chi connectivity index (χ3v) is 4.18. The van der Waals surface area contributed by atoms with Gasteiger partial charge in [0, 0.05) is 6.54 Å². The maximum atomic E-state index is 6.07. The molecule has 0 aliphatic rings. The summed E-state index contributed by atoms with van der Waals surface area (Å²) >= 11 is 0. The van der Waals surface area contributed by atoms with E-state index in [4.69, 9.17) is 14.5 Å². The average molecular weight is 350 g/mol. The molecule has 26 heavy (non-hydrogen) atoms. The zero-order valence-corrected chi connectivity index (χ0v) is 15.9. The van der Waals surface area contributed by atoms with Crippen LogP contribution in [0.1, 0.15) is 32.2 Å². The molecule has 0 saturated heterocycles. The molecule has 0 aliphatic carbocycles. The fourth-order valence-corrected chi connectivity index (χ4v) is 3.05. The Morgan fingerprint density at radius 3 is 2.65 bits per heavy atom. The van der Waals surface area contributed by atoms with E-state index in [1.165, 1.54) is 0 Å². The Kier molecular flexibility index (Phi) is 5.61. The Morgan fingerprint density at radius 1 is 1.12 bits per heavy atom. The van der Waals surface area contributed by atoms with Gasteiger partial charge in [0.2, 0.25) is 0 Å². The summed E-state index contributed by atoms with van der Waals surface area (Å²) in [6.45, 7) is 7.73. The van der Waals surface area contributed by atoms with Gasteiger partial charge in [-0.05, 0) is 42.7 Å². The smallest absolute Gasteiger partial charge is 0.161 e. The van der Waals surface area contributed by atoms with E-state index in [2.05, 4.69) is 30.5 Å². The lowest BCUT2D eigenvalue weighted by atomic mass is 10.2. The second-order valence-corrected chi connectivity index (χ2v) is 6.72. The lowest BCUT2D eigenvalue weighted by molar-refractivity contribution is 0.270. The van der Waals surface area contributed by atoms with E-state index in [1.807, 2.05) is 49.4 Å². The number of benzene rings is 2. The zero-order valence-electron chi connectivity index (χ0n) is 15.9. The predicted molar refractivity (Wildman–Crippen MR) is 107 cm³/mol. The van der Waals surface area contributed by atoms with Crippen molar-refractivity contribution in [2.45, 2.75) is 33.9 Å². The highest BCUT2D eigenvalue weighted by Gasteiger charge is 2.13. The van der Waals surface area contributed by atoms with Crippen molar-refractivity contribution in [1.29, 1.82) is 0 Å². The van der Waals surface area contributed by atoms with Crippen LogP contribution in [-0.4, -0.2) is 16.7 Å². The van der Waals surface area contributed by atoms with Gasteiger partial charge in [-0.1, -0.05) is 44.2 Å². The minimum atomic E-state index is 0.403. The number of methoxy groups -OCH3 is 1. The molecule has 4 heteroatoms. The Bertz CT molecular complexity index is 910. The third-order valence-electron chi connectivity index (χ3n) is 4.18. The van der Waals surface area contributed by atoms with Crippen LogP contribution in [0.3, 0.4) is 0 Å². The number of hydrogen-bond donors (Lipinski definition) is 0.